The van der Waals surface area contributed by atoms with Crippen molar-refractivity contribution >= 4 is 88.7 Å². The first-order valence-corrected chi connectivity index (χ1v) is 42.9. The number of carbonyl (C=O) groups is 8. The number of pyridine rings is 2. The number of esters is 2. The van der Waals surface area contributed by atoms with Gasteiger partial charge < -0.3 is 38.2 Å². The summed E-state index contributed by atoms with van der Waals surface area (Å²) >= 11 is 0. The zero-order chi connectivity index (χ0) is 80.4. The summed E-state index contributed by atoms with van der Waals surface area (Å²) in [5, 5.41) is 1.84. The standard InChI is InChI=1S/2C42H54FN3O9S/c2*1-25-8-6-7-9-27-21-42(27,39(50)45-56(51,52)41(4)13-14-41)22-34(47)33-19-29(55-37-32-17-28(43)18-35(53-5)30(32)10-15-44-37)23-46(33)38(49)31(26(2)16-25)20-36(48)54-24-40(3)11-12-40/h2*7,9-10,15,17-18,25-27,29,31,33H,6,8,11-14,16,19-24H2,1-5H3,(H,45,50)/b2*9-7-/t25-,26+,27+,29+,31-,33-,42+;25-,26-,27-,29-,31+,33+,42-/m01/s1. The summed E-state index contributed by atoms with van der Waals surface area (Å²) in [5.74, 6) is -6.63. The van der Waals surface area contributed by atoms with Gasteiger partial charge in [0.1, 0.15) is 35.3 Å². The third kappa shape index (κ3) is 17.7. The van der Waals surface area contributed by atoms with Crippen LogP contribution in [0, 0.1) is 80.6 Å². The predicted molar refractivity (Wildman–Crippen MR) is 411 cm³/mol. The highest BCUT2D eigenvalue weighted by atomic mass is 32.2. The van der Waals surface area contributed by atoms with Crippen LogP contribution in [-0.2, 0) is 67.9 Å². The minimum atomic E-state index is -3.97. The van der Waals surface area contributed by atoms with E-state index in [2.05, 4.69) is 47.1 Å². The fraction of sp³-hybridized carbons (Fsp3) is 0.643. The third-order valence-electron chi connectivity index (χ3n) is 26.3. The van der Waals surface area contributed by atoms with Crippen LogP contribution in [0.4, 0.5) is 8.78 Å². The molecule has 0 radical (unpaired) electrons. The van der Waals surface area contributed by atoms with Gasteiger partial charge in [0.05, 0.1) is 108 Å². The Morgan fingerprint density at radius 1 is 0.536 bits per heavy atom. The molecule has 0 bridgehead atoms. The number of fused-ring (bicyclic) bond motifs is 6. The average Bonchev–Trinajstić information content (AvgIpc) is 1.56. The molecule has 2 N–H and O–H groups in total. The van der Waals surface area contributed by atoms with Gasteiger partial charge in [-0.05, 0) is 176 Å². The number of nitrogens with one attached hydrogen (secondary N) is 2. The summed E-state index contributed by atoms with van der Waals surface area (Å²) in [6.45, 7) is 16.0. The van der Waals surface area contributed by atoms with E-state index < -0.39 is 123 Å². The summed E-state index contributed by atoms with van der Waals surface area (Å²) in [6, 6.07) is 6.37. The highest BCUT2D eigenvalue weighted by Gasteiger charge is 2.65. The smallest absolute Gasteiger partial charge is 0.306 e. The number of hydrogen-bond acceptors (Lipinski definition) is 20. The predicted octanol–water partition coefficient (Wildman–Crippen LogP) is 12.1. The van der Waals surface area contributed by atoms with Gasteiger partial charge in [0.15, 0.2) is 11.6 Å². The fourth-order valence-electron chi connectivity index (χ4n) is 17.1. The maximum Gasteiger partial charge on any atom is 0.306 e. The lowest BCUT2D eigenvalue weighted by molar-refractivity contribution is -0.153. The van der Waals surface area contributed by atoms with Gasteiger partial charge in [-0.3, -0.25) is 47.8 Å². The lowest BCUT2D eigenvalue weighted by Crippen LogP contribution is -2.48. The van der Waals surface area contributed by atoms with Gasteiger partial charge in [0, 0.05) is 71.8 Å². The van der Waals surface area contributed by atoms with Crippen LogP contribution in [0.3, 0.4) is 0 Å². The Morgan fingerprint density at radius 3 is 1.26 bits per heavy atom. The third-order valence-corrected chi connectivity index (χ3v) is 30.6. The molecular formula is C84H108F2N6O18S2. The second kappa shape index (κ2) is 31.6. The Bertz CT molecular complexity index is 4380. The summed E-state index contributed by atoms with van der Waals surface area (Å²) in [5.41, 5.74) is -2.67. The number of ketones is 2. The van der Waals surface area contributed by atoms with Gasteiger partial charge in [-0.1, -0.05) is 65.8 Å². The second-order valence-corrected chi connectivity index (χ2v) is 40.2. The number of sulfonamides is 2. The van der Waals surface area contributed by atoms with Crippen LogP contribution < -0.4 is 28.4 Å². The van der Waals surface area contributed by atoms with Gasteiger partial charge in [-0.2, -0.15) is 0 Å². The van der Waals surface area contributed by atoms with Crippen LogP contribution in [0.5, 0.6) is 23.3 Å². The molecule has 0 unspecified atom stereocenters. The molecule has 2 aromatic heterocycles. The Balaban J connectivity index is 0.000000196. The van der Waals surface area contributed by atoms with Crippen LogP contribution >= 0.6 is 0 Å². The molecule has 14 atom stereocenters. The number of rotatable bonds is 20. The van der Waals surface area contributed by atoms with E-state index in [4.69, 9.17) is 28.4 Å². The zero-order valence-electron chi connectivity index (χ0n) is 66.0. The Morgan fingerprint density at radius 2 is 0.911 bits per heavy atom. The molecular weight excluding hydrogens is 1480 g/mol. The number of carbonyl (C=O) groups excluding carboxylic acids is 8. The maximum absolute atomic E-state index is 14.9. The summed E-state index contributed by atoms with van der Waals surface area (Å²) in [6.07, 6.45) is 19.2. The molecule has 10 aliphatic rings. The van der Waals surface area contributed by atoms with Gasteiger partial charge in [-0.25, -0.2) is 35.6 Å². The molecule has 6 heterocycles. The van der Waals surface area contributed by atoms with Crippen LogP contribution in [0.1, 0.15) is 197 Å². The van der Waals surface area contributed by atoms with Crippen molar-refractivity contribution in [2.24, 2.45) is 69.0 Å². The topological polar surface area (TPSA) is 317 Å². The first-order valence-electron chi connectivity index (χ1n) is 40.0. The number of ether oxygens (including phenoxy) is 6. The van der Waals surface area contributed by atoms with Gasteiger partial charge in [0.2, 0.25) is 55.4 Å². The van der Waals surface area contributed by atoms with Crippen molar-refractivity contribution in [2.45, 2.75) is 230 Å². The SMILES string of the molecule is COc1cc(F)cc2c(O[C@@H]3C[C@H]4C(=O)C[C@]5(C(=O)NS(=O)(=O)C6(C)CC6)C[C@H]5/C=C\CC[C@@H](C)C[C@@H](C)[C@H](CC(=O)OCC5(C)CC5)C(=O)N4C3)nccc12.COc1cc(F)cc2c(O[C@@H]3C[C@H]4C(=O)C[C@]5(C(=O)NS(=O)(=O)C6(C)CC6)C[C@H]5/C=C\CC[C@H](C)C[C@@H](C)[C@H](CC(=O)OCC5(C)CC5)C(=O)N4C3)nccc12. The molecule has 6 saturated carbocycles. The zero-order valence-corrected chi connectivity index (χ0v) is 67.6. The molecule has 112 heavy (non-hydrogen) atoms. The minimum Gasteiger partial charge on any atom is -0.496 e. The Hall–Kier alpha value is -8.14. The number of methoxy groups -OCH3 is 2. The molecule has 608 valence electrons. The van der Waals surface area contributed by atoms with Crippen molar-refractivity contribution in [3.63, 3.8) is 0 Å². The first kappa shape index (κ1) is 81.9. The Kier molecular flexibility index (Phi) is 23.1. The van der Waals surface area contributed by atoms with E-state index in [0.717, 1.165) is 38.5 Å². The van der Waals surface area contributed by atoms with E-state index in [0.29, 0.717) is 97.3 Å². The van der Waals surface area contributed by atoms with E-state index in [-0.39, 0.29) is 135 Å². The van der Waals surface area contributed by atoms with Gasteiger partial charge in [0.25, 0.3) is 0 Å². The number of aromatic nitrogens is 2. The minimum absolute atomic E-state index is 0.0269. The molecule has 14 rings (SSSR count). The van der Waals surface area contributed by atoms with Crippen molar-refractivity contribution in [1.29, 1.82) is 0 Å². The molecule has 4 aromatic rings. The van der Waals surface area contributed by atoms with Crippen LogP contribution in [-0.4, -0.2) is 158 Å². The summed E-state index contributed by atoms with van der Waals surface area (Å²) in [7, 11) is -5.08. The molecule has 6 aliphatic carbocycles. The average molecular weight is 1590 g/mol. The maximum atomic E-state index is 14.9. The number of benzene rings is 2. The van der Waals surface area contributed by atoms with E-state index in [9.17, 15) is 64.0 Å². The first-order chi connectivity index (χ1) is 52.9. The largest absolute Gasteiger partial charge is 0.496 e. The van der Waals surface area contributed by atoms with Crippen molar-refractivity contribution in [3.8, 4) is 23.3 Å². The van der Waals surface area contributed by atoms with Crippen LogP contribution in [0.25, 0.3) is 21.5 Å². The number of halogens is 2. The molecule has 0 spiro atoms. The molecule has 24 nitrogen and oxygen atoms in total. The normalized spacial score (nSPS) is 31.6. The Labute approximate surface area is 654 Å². The number of allylic oxidation sites excluding steroid dienone is 4. The summed E-state index contributed by atoms with van der Waals surface area (Å²) < 4.78 is 120. The van der Waals surface area contributed by atoms with Crippen molar-refractivity contribution in [3.05, 3.63) is 84.7 Å². The lowest BCUT2D eigenvalue weighted by Gasteiger charge is -2.32. The molecule has 4 amide bonds. The highest BCUT2D eigenvalue weighted by molar-refractivity contribution is 7.92. The second-order valence-electron chi connectivity index (χ2n) is 35.8. The van der Waals surface area contributed by atoms with E-state index in [1.165, 1.54) is 60.7 Å². The molecule has 28 heteroatoms. The number of amides is 4. The molecule has 4 aliphatic heterocycles. The van der Waals surface area contributed by atoms with Crippen LogP contribution in [0.15, 0.2) is 73.1 Å². The number of nitrogens with zero attached hydrogens (tertiary/aromatic N) is 4. The number of hydrogen-bond donors (Lipinski definition) is 2. The van der Waals surface area contributed by atoms with Crippen molar-refractivity contribution in [2.75, 3.05) is 40.5 Å². The molecule has 8 fully saturated rings. The highest BCUT2D eigenvalue weighted by Crippen LogP contribution is 2.60. The number of Topliss-reactive ketones (excluding diaryl/α,β-unsaturated/α-hetero) is 2. The van der Waals surface area contributed by atoms with Crippen molar-refractivity contribution in [1.82, 2.24) is 29.2 Å². The van der Waals surface area contributed by atoms with E-state index in [1.807, 2.05) is 38.2 Å². The van der Waals surface area contributed by atoms with E-state index in [1.54, 1.807) is 26.0 Å². The summed E-state index contributed by atoms with van der Waals surface area (Å²) in [4.78, 5) is 125. The quantitative estimate of drug-likeness (QED) is 0.0613. The van der Waals surface area contributed by atoms with E-state index >= 15 is 0 Å². The van der Waals surface area contributed by atoms with Crippen LogP contribution in [0.2, 0.25) is 0 Å². The lowest BCUT2D eigenvalue weighted by atomic mass is 9.82. The van der Waals surface area contributed by atoms with Gasteiger partial charge >= 0.3 is 11.9 Å². The van der Waals surface area contributed by atoms with Gasteiger partial charge in [-0.15, -0.1) is 0 Å². The molecule has 2 aromatic carbocycles. The van der Waals surface area contributed by atoms with Crippen molar-refractivity contribution < 1.29 is 92.4 Å². The fourth-order valence-corrected chi connectivity index (χ4v) is 19.8. The monoisotopic (exact) mass is 1590 g/mol. The molecule has 2 saturated heterocycles.